The average Bonchev–Trinajstić information content (AvgIpc) is 3.08. The van der Waals surface area contributed by atoms with Crippen LogP contribution < -0.4 is 9.47 Å². The van der Waals surface area contributed by atoms with Crippen molar-refractivity contribution in [1.29, 1.82) is 0 Å². The summed E-state index contributed by atoms with van der Waals surface area (Å²) < 4.78 is 21.5. The van der Waals surface area contributed by atoms with Crippen molar-refractivity contribution in [3.8, 4) is 11.5 Å². The van der Waals surface area contributed by atoms with Gasteiger partial charge in [-0.2, -0.15) is 0 Å². The van der Waals surface area contributed by atoms with Gasteiger partial charge in [0, 0.05) is 32.0 Å². The zero-order valence-electron chi connectivity index (χ0n) is 14.1. The Hall–Kier alpha value is -2.39. The van der Waals surface area contributed by atoms with Crippen LogP contribution in [0.3, 0.4) is 0 Å². The van der Waals surface area contributed by atoms with Crippen LogP contribution in [0.2, 0.25) is 0 Å². The van der Waals surface area contributed by atoms with Crippen LogP contribution in [-0.4, -0.2) is 62.0 Å². The minimum absolute atomic E-state index is 0.0214. The fourth-order valence-corrected chi connectivity index (χ4v) is 3.20. The Morgan fingerprint density at radius 2 is 1.72 bits per heavy atom. The van der Waals surface area contributed by atoms with Gasteiger partial charge in [-0.05, 0) is 0 Å². The number of nitro groups is 1. The molecule has 1 spiro atoms. The van der Waals surface area contributed by atoms with E-state index in [0.29, 0.717) is 39.1 Å². The molecule has 1 aromatic carbocycles. The number of likely N-dealkylation sites (tertiary alicyclic amines) is 1. The maximum Gasteiger partial charge on any atom is 0.286 e. The number of rotatable bonds is 4. The van der Waals surface area contributed by atoms with Crippen molar-refractivity contribution in [2.24, 2.45) is 0 Å². The number of ether oxygens (including phenoxy) is 4. The fourth-order valence-electron chi connectivity index (χ4n) is 3.20. The van der Waals surface area contributed by atoms with Gasteiger partial charge in [-0.15, -0.1) is 0 Å². The summed E-state index contributed by atoms with van der Waals surface area (Å²) in [6.07, 6.45) is 1.08. The second kappa shape index (κ2) is 6.85. The third kappa shape index (κ3) is 3.24. The van der Waals surface area contributed by atoms with Crippen molar-refractivity contribution in [2.45, 2.75) is 18.6 Å². The van der Waals surface area contributed by atoms with Gasteiger partial charge >= 0.3 is 0 Å². The lowest BCUT2D eigenvalue weighted by Crippen LogP contribution is -2.47. The number of hydrogen-bond acceptors (Lipinski definition) is 7. The largest absolute Gasteiger partial charge is 0.493 e. The molecule has 0 aliphatic carbocycles. The van der Waals surface area contributed by atoms with Gasteiger partial charge in [0.2, 0.25) is 0 Å². The van der Waals surface area contributed by atoms with Gasteiger partial charge in [-0.3, -0.25) is 14.9 Å². The number of methoxy groups -OCH3 is 2. The lowest BCUT2D eigenvalue weighted by Gasteiger charge is -2.37. The molecule has 0 bridgehead atoms. The fraction of sp³-hybridized carbons (Fsp3) is 0.562. The summed E-state index contributed by atoms with van der Waals surface area (Å²) >= 11 is 0. The predicted molar refractivity (Wildman–Crippen MR) is 86.0 cm³/mol. The summed E-state index contributed by atoms with van der Waals surface area (Å²) in [6.45, 7) is 1.92. The van der Waals surface area contributed by atoms with Crippen molar-refractivity contribution in [3.63, 3.8) is 0 Å². The quantitative estimate of drug-likeness (QED) is 0.599. The van der Waals surface area contributed by atoms with Crippen molar-refractivity contribution >= 4 is 11.6 Å². The molecule has 2 aliphatic rings. The van der Waals surface area contributed by atoms with E-state index in [1.807, 2.05) is 0 Å². The van der Waals surface area contributed by atoms with E-state index in [4.69, 9.17) is 18.9 Å². The normalized spacial score (nSPS) is 19.0. The van der Waals surface area contributed by atoms with Gasteiger partial charge in [0.25, 0.3) is 11.6 Å². The van der Waals surface area contributed by atoms with Crippen molar-refractivity contribution in [3.05, 3.63) is 27.8 Å². The Bertz CT molecular complexity index is 675. The van der Waals surface area contributed by atoms with E-state index >= 15 is 0 Å². The molecule has 3 rings (SSSR count). The second-order valence-electron chi connectivity index (χ2n) is 5.88. The average molecular weight is 352 g/mol. The maximum absolute atomic E-state index is 12.8. The summed E-state index contributed by atoms with van der Waals surface area (Å²) in [6, 6.07) is 2.56. The van der Waals surface area contributed by atoms with Crippen molar-refractivity contribution in [2.75, 3.05) is 40.5 Å². The molecule has 2 aliphatic heterocycles. The monoisotopic (exact) mass is 352 g/mol. The van der Waals surface area contributed by atoms with E-state index in [-0.39, 0.29) is 22.7 Å². The van der Waals surface area contributed by atoms with Crippen molar-refractivity contribution < 1.29 is 28.7 Å². The molecule has 0 atom stereocenters. The van der Waals surface area contributed by atoms with Gasteiger partial charge in [0.15, 0.2) is 17.3 Å². The number of hydrogen-bond donors (Lipinski definition) is 0. The molecule has 25 heavy (non-hydrogen) atoms. The molecule has 9 heteroatoms. The molecule has 0 aromatic heterocycles. The minimum Gasteiger partial charge on any atom is -0.493 e. The Morgan fingerprint density at radius 1 is 1.16 bits per heavy atom. The molecule has 1 aromatic rings. The first kappa shape index (κ1) is 17.4. The standard InChI is InChI=1S/C16H20N2O7/c1-22-13-9-11(12(18(20)21)10-14(13)23-2)15(19)17-5-3-16(4-6-17)24-7-8-25-16/h9-10H,3-8H2,1-2H3. The Morgan fingerprint density at radius 3 is 2.24 bits per heavy atom. The smallest absolute Gasteiger partial charge is 0.286 e. The van der Waals surface area contributed by atoms with E-state index in [2.05, 4.69) is 0 Å². The molecule has 2 heterocycles. The summed E-state index contributed by atoms with van der Waals surface area (Å²) in [5.74, 6) is -0.552. The molecular formula is C16H20N2O7. The van der Waals surface area contributed by atoms with Gasteiger partial charge in [0.05, 0.1) is 38.4 Å². The lowest BCUT2D eigenvalue weighted by molar-refractivity contribution is -0.385. The Labute approximate surface area is 144 Å². The third-order valence-corrected chi connectivity index (χ3v) is 4.55. The Balaban J connectivity index is 1.85. The summed E-state index contributed by atoms with van der Waals surface area (Å²) in [7, 11) is 2.80. The number of amides is 1. The first-order chi connectivity index (χ1) is 12.0. The number of benzene rings is 1. The summed E-state index contributed by atoms with van der Waals surface area (Å²) in [5.41, 5.74) is -0.330. The van der Waals surface area contributed by atoms with Crippen LogP contribution >= 0.6 is 0 Å². The van der Waals surface area contributed by atoms with Crippen molar-refractivity contribution in [1.82, 2.24) is 4.90 Å². The third-order valence-electron chi connectivity index (χ3n) is 4.55. The molecule has 1 amide bonds. The predicted octanol–water partition coefficient (Wildman–Crippen LogP) is 1.59. The van der Waals surface area contributed by atoms with Gasteiger partial charge < -0.3 is 23.8 Å². The number of nitrogens with zero attached hydrogens (tertiary/aromatic N) is 2. The highest BCUT2D eigenvalue weighted by Crippen LogP contribution is 2.36. The van der Waals surface area contributed by atoms with Crippen LogP contribution in [-0.2, 0) is 9.47 Å². The zero-order chi connectivity index (χ0) is 18.0. The first-order valence-corrected chi connectivity index (χ1v) is 7.97. The second-order valence-corrected chi connectivity index (χ2v) is 5.88. The van der Waals surface area contributed by atoms with Crippen LogP contribution in [0.15, 0.2) is 12.1 Å². The number of nitro benzene ring substituents is 1. The van der Waals surface area contributed by atoms with E-state index in [1.54, 1.807) is 4.90 Å². The van der Waals surface area contributed by atoms with Crippen LogP contribution in [0.5, 0.6) is 11.5 Å². The van der Waals surface area contributed by atoms with Crippen LogP contribution in [0.25, 0.3) is 0 Å². The maximum atomic E-state index is 12.8. The highest BCUT2D eigenvalue weighted by atomic mass is 16.7. The molecular weight excluding hydrogens is 332 g/mol. The lowest BCUT2D eigenvalue weighted by atomic mass is 10.0. The van der Waals surface area contributed by atoms with E-state index in [1.165, 1.54) is 26.4 Å². The van der Waals surface area contributed by atoms with E-state index in [9.17, 15) is 14.9 Å². The summed E-state index contributed by atoms with van der Waals surface area (Å²) in [4.78, 5) is 25.2. The number of piperidine rings is 1. The molecule has 136 valence electrons. The topological polar surface area (TPSA) is 100 Å². The molecule has 0 N–H and O–H groups in total. The number of carbonyl (C=O) groups excluding carboxylic acids is 1. The van der Waals surface area contributed by atoms with Gasteiger partial charge in [0.1, 0.15) is 5.56 Å². The zero-order valence-corrected chi connectivity index (χ0v) is 14.1. The highest BCUT2D eigenvalue weighted by molar-refractivity contribution is 5.99. The Kier molecular flexibility index (Phi) is 4.78. The number of carbonyl (C=O) groups is 1. The van der Waals surface area contributed by atoms with Crippen LogP contribution in [0.1, 0.15) is 23.2 Å². The molecule has 2 saturated heterocycles. The van der Waals surface area contributed by atoms with E-state index in [0.717, 1.165) is 0 Å². The van der Waals surface area contributed by atoms with Gasteiger partial charge in [-0.25, -0.2) is 0 Å². The molecule has 9 nitrogen and oxygen atoms in total. The SMILES string of the molecule is COc1cc(C(=O)N2CCC3(CC2)OCCO3)c([N+](=O)[O-])cc1OC. The minimum atomic E-state index is -0.611. The van der Waals surface area contributed by atoms with Crippen LogP contribution in [0, 0.1) is 10.1 Å². The first-order valence-electron chi connectivity index (χ1n) is 7.97. The van der Waals surface area contributed by atoms with Crippen LogP contribution in [0.4, 0.5) is 5.69 Å². The summed E-state index contributed by atoms with van der Waals surface area (Å²) in [5, 5.41) is 11.4. The molecule has 0 unspecified atom stereocenters. The molecule has 0 radical (unpaired) electrons. The van der Waals surface area contributed by atoms with E-state index < -0.39 is 16.6 Å². The highest BCUT2D eigenvalue weighted by Gasteiger charge is 2.41. The van der Waals surface area contributed by atoms with Gasteiger partial charge in [-0.1, -0.05) is 0 Å². The molecule has 0 saturated carbocycles. The molecule has 2 fully saturated rings.